The molecule has 0 saturated heterocycles. The second kappa shape index (κ2) is 4.56. The molecule has 0 saturated carbocycles. The molecule has 0 atom stereocenters. The fourth-order valence-electron chi connectivity index (χ4n) is 2.31. The molecular formula is C16H13NO4. The molecule has 4 N–H and O–H groups in total. The number of nitrogens with two attached hydrogens (primary N) is 1. The van der Waals surface area contributed by atoms with E-state index in [-0.39, 0.29) is 22.5 Å². The van der Waals surface area contributed by atoms with Crippen LogP contribution in [-0.4, -0.2) is 10.2 Å². The molecule has 106 valence electrons. The summed E-state index contributed by atoms with van der Waals surface area (Å²) in [4.78, 5) is 12.3. The molecular weight excluding hydrogens is 270 g/mol. The molecule has 5 nitrogen and oxygen atoms in total. The fraction of sp³-hybridized carbons (Fsp3) is 0.0625. The van der Waals surface area contributed by atoms with Crippen molar-refractivity contribution in [3.63, 3.8) is 0 Å². The van der Waals surface area contributed by atoms with Crippen LogP contribution in [0.4, 0.5) is 5.69 Å². The van der Waals surface area contributed by atoms with Gasteiger partial charge in [0.15, 0.2) is 11.3 Å². The van der Waals surface area contributed by atoms with E-state index in [0.29, 0.717) is 11.3 Å². The summed E-state index contributed by atoms with van der Waals surface area (Å²) in [5.74, 6) is -0.511. The number of rotatable bonds is 1. The van der Waals surface area contributed by atoms with Gasteiger partial charge >= 0.3 is 0 Å². The van der Waals surface area contributed by atoms with Crippen molar-refractivity contribution in [1.82, 2.24) is 0 Å². The van der Waals surface area contributed by atoms with Gasteiger partial charge in [0.25, 0.3) is 0 Å². The van der Waals surface area contributed by atoms with Gasteiger partial charge in [-0.3, -0.25) is 4.79 Å². The molecule has 21 heavy (non-hydrogen) atoms. The Morgan fingerprint density at radius 3 is 2.62 bits per heavy atom. The van der Waals surface area contributed by atoms with Crippen molar-refractivity contribution >= 4 is 16.7 Å². The Bertz CT molecular complexity index is 912. The van der Waals surface area contributed by atoms with Crippen molar-refractivity contribution in [3.05, 3.63) is 52.2 Å². The van der Waals surface area contributed by atoms with E-state index in [0.717, 1.165) is 5.56 Å². The first-order valence-electron chi connectivity index (χ1n) is 6.32. The summed E-state index contributed by atoms with van der Waals surface area (Å²) in [5, 5.41) is 19.8. The summed E-state index contributed by atoms with van der Waals surface area (Å²) in [6.07, 6.45) is 0. The molecule has 0 amide bonds. The van der Waals surface area contributed by atoms with E-state index in [2.05, 4.69) is 0 Å². The van der Waals surface area contributed by atoms with Crippen LogP contribution in [0.15, 0.2) is 45.6 Å². The van der Waals surface area contributed by atoms with Gasteiger partial charge in [-0.05, 0) is 36.8 Å². The van der Waals surface area contributed by atoms with Crippen molar-refractivity contribution in [2.75, 3.05) is 5.73 Å². The van der Waals surface area contributed by atoms with Gasteiger partial charge in [0.05, 0.1) is 11.1 Å². The molecule has 0 fully saturated rings. The highest BCUT2D eigenvalue weighted by molar-refractivity contribution is 5.90. The van der Waals surface area contributed by atoms with Crippen LogP contribution in [0.2, 0.25) is 0 Å². The lowest BCUT2D eigenvalue weighted by atomic mass is 10.1. The SMILES string of the molecule is Cc1cc(N)c2oc(-c3cccc(O)c3)c(O)c(=O)c2c1. The molecule has 0 spiro atoms. The zero-order valence-corrected chi connectivity index (χ0v) is 11.3. The molecule has 0 bridgehead atoms. The zero-order chi connectivity index (χ0) is 15.1. The third-order valence-electron chi connectivity index (χ3n) is 3.25. The molecule has 2 aromatic carbocycles. The van der Waals surface area contributed by atoms with E-state index in [1.807, 2.05) is 0 Å². The van der Waals surface area contributed by atoms with Crippen molar-refractivity contribution in [1.29, 1.82) is 0 Å². The topological polar surface area (TPSA) is 96.7 Å². The van der Waals surface area contributed by atoms with Crippen LogP contribution in [0.1, 0.15) is 5.56 Å². The standard InChI is InChI=1S/C16H13NO4/c1-8-5-11-13(19)14(20)15(21-16(11)12(17)6-8)9-3-2-4-10(18)7-9/h2-7,18,20H,17H2,1H3. The number of aryl methyl sites for hydroxylation is 1. The maximum absolute atomic E-state index is 12.3. The summed E-state index contributed by atoms with van der Waals surface area (Å²) in [6, 6.07) is 9.39. The predicted molar refractivity (Wildman–Crippen MR) is 80.4 cm³/mol. The molecule has 1 heterocycles. The number of phenols is 1. The Morgan fingerprint density at radius 2 is 1.90 bits per heavy atom. The summed E-state index contributed by atoms with van der Waals surface area (Å²) >= 11 is 0. The smallest absolute Gasteiger partial charge is 0.235 e. The monoisotopic (exact) mass is 283 g/mol. The van der Waals surface area contributed by atoms with E-state index in [1.54, 1.807) is 31.2 Å². The number of fused-ring (bicyclic) bond motifs is 1. The van der Waals surface area contributed by atoms with Gasteiger partial charge in [-0.25, -0.2) is 0 Å². The van der Waals surface area contributed by atoms with E-state index < -0.39 is 11.2 Å². The van der Waals surface area contributed by atoms with Crippen molar-refractivity contribution < 1.29 is 14.6 Å². The number of benzene rings is 2. The van der Waals surface area contributed by atoms with E-state index in [1.165, 1.54) is 12.1 Å². The molecule has 0 radical (unpaired) electrons. The first-order chi connectivity index (χ1) is 9.97. The van der Waals surface area contributed by atoms with Crippen LogP contribution in [0.3, 0.4) is 0 Å². The Balaban J connectivity index is 2.41. The Morgan fingerprint density at radius 1 is 1.14 bits per heavy atom. The minimum Gasteiger partial charge on any atom is -0.508 e. The van der Waals surface area contributed by atoms with Gasteiger partial charge in [0.2, 0.25) is 11.2 Å². The predicted octanol–water partition coefficient (Wildman–Crippen LogP) is 2.76. The number of nitrogen functional groups attached to an aromatic ring is 1. The summed E-state index contributed by atoms with van der Waals surface area (Å²) in [5.41, 5.74) is 7.08. The van der Waals surface area contributed by atoms with E-state index in [4.69, 9.17) is 10.2 Å². The lowest BCUT2D eigenvalue weighted by molar-refractivity contribution is 0.448. The normalized spacial score (nSPS) is 10.9. The quantitative estimate of drug-likeness (QED) is 0.597. The lowest BCUT2D eigenvalue weighted by Crippen LogP contribution is -2.04. The average molecular weight is 283 g/mol. The van der Waals surface area contributed by atoms with Crippen molar-refractivity contribution in [2.45, 2.75) is 6.92 Å². The summed E-state index contributed by atoms with van der Waals surface area (Å²) in [6.45, 7) is 1.80. The molecule has 0 unspecified atom stereocenters. The number of anilines is 1. The Labute approximate surface area is 119 Å². The number of phenolic OH excluding ortho intramolecular Hbond substituents is 1. The van der Waals surface area contributed by atoms with E-state index in [9.17, 15) is 15.0 Å². The lowest BCUT2D eigenvalue weighted by Gasteiger charge is -2.08. The second-order valence-corrected chi connectivity index (χ2v) is 4.89. The highest BCUT2D eigenvalue weighted by Crippen LogP contribution is 2.33. The number of aromatic hydroxyl groups is 2. The zero-order valence-electron chi connectivity index (χ0n) is 11.3. The highest BCUT2D eigenvalue weighted by Gasteiger charge is 2.17. The third-order valence-corrected chi connectivity index (χ3v) is 3.25. The highest BCUT2D eigenvalue weighted by atomic mass is 16.4. The average Bonchev–Trinajstić information content (AvgIpc) is 2.43. The largest absolute Gasteiger partial charge is 0.508 e. The maximum atomic E-state index is 12.3. The summed E-state index contributed by atoms with van der Waals surface area (Å²) in [7, 11) is 0. The van der Waals surface area contributed by atoms with Crippen LogP contribution in [0.5, 0.6) is 11.5 Å². The van der Waals surface area contributed by atoms with Crippen LogP contribution < -0.4 is 11.2 Å². The van der Waals surface area contributed by atoms with Gasteiger partial charge in [-0.2, -0.15) is 0 Å². The Hall–Kier alpha value is -2.95. The molecule has 3 aromatic rings. The molecule has 1 aromatic heterocycles. The maximum Gasteiger partial charge on any atom is 0.235 e. The molecule has 0 aliphatic rings. The van der Waals surface area contributed by atoms with Gasteiger partial charge < -0.3 is 20.4 Å². The van der Waals surface area contributed by atoms with Crippen LogP contribution in [0.25, 0.3) is 22.3 Å². The molecule has 5 heteroatoms. The van der Waals surface area contributed by atoms with Gasteiger partial charge in [0.1, 0.15) is 5.75 Å². The fourth-order valence-corrected chi connectivity index (χ4v) is 2.31. The van der Waals surface area contributed by atoms with Gasteiger partial charge in [0, 0.05) is 5.56 Å². The van der Waals surface area contributed by atoms with Crippen molar-refractivity contribution in [2.24, 2.45) is 0 Å². The summed E-state index contributed by atoms with van der Waals surface area (Å²) < 4.78 is 5.61. The first kappa shape index (κ1) is 13.1. The van der Waals surface area contributed by atoms with Crippen LogP contribution in [0, 0.1) is 6.92 Å². The van der Waals surface area contributed by atoms with Crippen LogP contribution in [-0.2, 0) is 0 Å². The first-order valence-corrected chi connectivity index (χ1v) is 6.32. The van der Waals surface area contributed by atoms with Gasteiger partial charge in [-0.1, -0.05) is 12.1 Å². The van der Waals surface area contributed by atoms with Crippen LogP contribution >= 0.6 is 0 Å². The number of hydrogen-bond donors (Lipinski definition) is 3. The van der Waals surface area contributed by atoms with Gasteiger partial charge in [-0.15, -0.1) is 0 Å². The van der Waals surface area contributed by atoms with E-state index >= 15 is 0 Å². The Kier molecular flexibility index (Phi) is 2.83. The number of hydrogen-bond acceptors (Lipinski definition) is 5. The molecule has 0 aliphatic carbocycles. The molecule has 0 aliphatic heterocycles. The molecule has 3 rings (SSSR count). The minimum absolute atomic E-state index is 0.00604. The third kappa shape index (κ3) is 2.08. The van der Waals surface area contributed by atoms with Crippen molar-refractivity contribution in [3.8, 4) is 22.8 Å². The second-order valence-electron chi connectivity index (χ2n) is 4.89. The minimum atomic E-state index is -0.551.